The Hall–Kier alpha value is -1.52. The van der Waals surface area contributed by atoms with E-state index in [1.54, 1.807) is 6.92 Å². The summed E-state index contributed by atoms with van der Waals surface area (Å²) in [5.74, 6) is 0.437. The Morgan fingerprint density at radius 1 is 1.62 bits per heavy atom. The molecule has 1 unspecified atom stereocenters. The maximum absolute atomic E-state index is 11.9. The van der Waals surface area contributed by atoms with Gasteiger partial charge in [0.1, 0.15) is 0 Å². The summed E-state index contributed by atoms with van der Waals surface area (Å²) in [6.07, 6.45) is 3.68. The van der Waals surface area contributed by atoms with Gasteiger partial charge in [0.05, 0.1) is 11.4 Å². The highest BCUT2D eigenvalue weighted by atomic mass is 16.2. The molecule has 1 fully saturated rings. The molecule has 0 radical (unpaired) electrons. The Labute approximate surface area is 94.8 Å². The quantitative estimate of drug-likeness (QED) is 0.719. The van der Waals surface area contributed by atoms with Crippen LogP contribution in [-0.2, 0) is 0 Å². The molecule has 0 spiro atoms. The highest BCUT2D eigenvalue weighted by molar-refractivity contribution is 5.97. The number of carbonyl (C=O) groups excluding carboxylic acids is 1. The highest BCUT2D eigenvalue weighted by Crippen LogP contribution is 2.29. The topological polar surface area (TPSA) is 83.8 Å². The predicted octanol–water partition coefficient (Wildman–Crippen LogP) is 1.22. The molecule has 88 valence electrons. The number of nitrogen functional groups attached to an aromatic ring is 1. The van der Waals surface area contributed by atoms with E-state index in [2.05, 4.69) is 15.5 Å². The number of H-pyrrole nitrogens is 1. The van der Waals surface area contributed by atoms with Crippen molar-refractivity contribution in [1.82, 2.24) is 15.5 Å². The maximum Gasteiger partial charge on any atom is 0.274 e. The Balaban J connectivity index is 1.99. The second-order valence-electron chi connectivity index (χ2n) is 4.56. The third-order valence-corrected chi connectivity index (χ3v) is 3.43. The predicted molar refractivity (Wildman–Crippen MR) is 62.0 cm³/mol. The number of amides is 1. The van der Waals surface area contributed by atoms with Crippen molar-refractivity contribution in [3.8, 4) is 0 Å². The first-order chi connectivity index (χ1) is 7.59. The van der Waals surface area contributed by atoms with Gasteiger partial charge in [-0.1, -0.05) is 6.42 Å². The van der Waals surface area contributed by atoms with Crippen molar-refractivity contribution >= 4 is 11.6 Å². The van der Waals surface area contributed by atoms with E-state index < -0.39 is 0 Å². The molecule has 1 aromatic heterocycles. The van der Waals surface area contributed by atoms with Crippen LogP contribution in [0.3, 0.4) is 0 Å². The largest absolute Gasteiger partial charge is 0.395 e. The lowest BCUT2D eigenvalue weighted by atomic mass is 9.80. The van der Waals surface area contributed by atoms with Crippen LogP contribution < -0.4 is 11.1 Å². The molecular formula is C11H18N4O. The highest BCUT2D eigenvalue weighted by Gasteiger charge is 2.26. The van der Waals surface area contributed by atoms with Gasteiger partial charge in [0.15, 0.2) is 5.69 Å². The van der Waals surface area contributed by atoms with Crippen molar-refractivity contribution in [3.63, 3.8) is 0 Å². The molecule has 16 heavy (non-hydrogen) atoms. The average molecular weight is 222 g/mol. The van der Waals surface area contributed by atoms with Crippen LogP contribution in [0, 0.1) is 12.8 Å². The molecule has 1 aromatic rings. The zero-order valence-corrected chi connectivity index (χ0v) is 9.71. The number of nitrogens with two attached hydrogens (primary N) is 1. The van der Waals surface area contributed by atoms with E-state index in [-0.39, 0.29) is 11.9 Å². The molecule has 5 heteroatoms. The smallest absolute Gasteiger partial charge is 0.274 e. The number of aryl methyl sites for hydroxylation is 1. The normalized spacial score (nSPS) is 17.9. The minimum Gasteiger partial charge on any atom is -0.395 e. The van der Waals surface area contributed by atoms with Gasteiger partial charge in [0.25, 0.3) is 5.91 Å². The molecule has 0 aliphatic heterocycles. The van der Waals surface area contributed by atoms with E-state index in [1.165, 1.54) is 19.3 Å². The number of carbonyl (C=O) groups is 1. The van der Waals surface area contributed by atoms with Gasteiger partial charge >= 0.3 is 0 Å². The van der Waals surface area contributed by atoms with Crippen molar-refractivity contribution in [2.45, 2.75) is 39.2 Å². The minimum absolute atomic E-state index is 0.179. The number of aromatic nitrogens is 2. The molecule has 2 rings (SSSR count). The first-order valence-electron chi connectivity index (χ1n) is 5.71. The van der Waals surface area contributed by atoms with Crippen molar-refractivity contribution in [3.05, 3.63) is 11.4 Å². The molecule has 5 nitrogen and oxygen atoms in total. The van der Waals surface area contributed by atoms with Gasteiger partial charge in [-0.3, -0.25) is 9.89 Å². The average Bonchev–Trinajstić information content (AvgIpc) is 2.44. The van der Waals surface area contributed by atoms with E-state index in [1.807, 2.05) is 6.92 Å². The molecule has 1 aliphatic carbocycles. The molecule has 0 bridgehead atoms. The fraction of sp³-hybridized carbons (Fsp3) is 0.636. The maximum atomic E-state index is 11.9. The van der Waals surface area contributed by atoms with Gasteiger partial charge in [-0.2, -0.15) is 5.10 Å². The SMILES string of the molecule is Cc1[nH]nc(C(=O)NC(C)C2CCC2)c1N. The van der Waals surface area contributed by atoms with Gasteiger partial charge in [-0.25, -0.2) is 0 Å². The van der Waals surface area contributed by atoms with E-state index >= 15 is 0 Å². The molecule has 1 saturated carbocycles. The Morgan fingerprint density at radius 2 is 2.31 bits per heavy atom. The number of anilines is 1. The van der Waals surface area contributed by atoms with Crippen molar-refractivity contribution in [2.75, 3.05) is 5.73 Å². The van der Waals surface area contributed by atoms with Gasteiger partial charge in [-0.05, 0) is 32.6 Å². The molecule has 0 aromatic carbocycles. The second kappa shape index (κ2) is 4.15. The molecule has 1 aliphatic rings. The number of hydrogen-bond acceptors (Lipinski definition) is 3. The number of hydrogen-bond donors (Lipinski definition) is 3. The fourth-order valence-corrected chi connectivity index (χ4v) is 1.94. The van der Waals surface area contributed by atoms with Crippen LogP contribution >= 0.6 is 0 Å². The van der Waals surface area contributed by atoms with E-state index in [9.17, 15) is 4.79 Å². The van der Waals surface area contributed by atoms with Crippen molar-refractivity contribution < 1.29 is 4.79 Å². The van der Waals surface area contributed by atoms with Gasteiger partial charge in [-0.15, -0.1) is 0 Å². The first kappa shape index (κ1) is 11.0. The van der Waals surface area contributed by atoms with Gasteiger partial charge in [0, 0.05) is 6.04 Å². The molecule has 4 N–H and O–H groups in total. The summed E-state index contributed by atoms with van der Waals surface area (Å²) in [5.41, 5.74) is 7.24. The number of nitrogens with zero attached hydrogens (tertiary/aromatic N) is 1. The number of aromatic amines is 1. The third kappa shape index (κ3) is 1.89. The number of rotatable bonds is 3. The Kier molecular flexibility index (Phi) is 2.85. The van der Waals surface area contributed by atoms with Crippen LogP contribution in [0.5, 0.6) is 0 Å². The van der Waals surface area contributed by atoms with Crippen molar-refractivity contribution in [1.29, 1.82) is 0 Å². The fourth-order valence-electron chi connectivity index (χ4n) is 1.94. The van der Waals surface area contributed by atoms with Crippen molar-refractivity contribution in [2.24, 2.45) is 5.92 Å². The molecule has 1 heterocycles. The number of nitrogens with one attached hydrogen (secondary N) is 2. The lowest BCUT2D eigenvalue weighted by Gasteiger charge is -2.31. The minimum atomic E-state index is -0.179. The van der Waals surface area contributed by atoms with E-state index in [0.29, 0.717) is 17.3 Å². The van der Waals surface area contributed by atoms with Crippen LogP contribution in [0.1, 0.15) is 42.4 Å². The molecule has 0 saturated heterocycles. The molecular weight excluding hydrogens is 204 g/mol. The van der Waals surface area contributed by atoms with Crippen LogP contribution in [0.4, 0.5) is 5.69 Å². The van der Waals surface area contributed by atoms with E-state index in [0.717, 1.165) is 5.69 Å². The Morgan fingerprint density at radius 3 is 2.75 bits per heavy atom. The zero-order valence-electron chi connectivity index (χ0n) is 9.71. The van der Waals surface area contributed by atoms with Crippen LogP contribution in [0.2, 0.25) is 0 Å². The summed E-state index contributed by atoms with van der Waals surface area (Å²) in [4.78, 5) is 11.9. The summed E-state index contributed by atoms with van der Waals surface area (Å²) >= 11 is 0. The standard InChI is InChI=1S/C11H18N4O/c1-6(8-4-3-5-8)13-11(16)10-9(12)7(2)14-15-10/h6,8H,3-5,12H2,1-2H3,(H,13,16)(H,14,15). The summed E-state index contributed by atoms with van der Waals surface area (Å²) in [6, 6.07) is 0.206. The van der Waals surface area contributed by atoms with Gasteiger partial charge < -0.3 is 11.1 Å². The Bertz CT molecular complexity index is 395. The summed E-state index contributed by atoms with van der Waals surface area (Å²) in [7, 11) is 0. The first-order valence-corrected chi connectivity index (χ1v) is 5.71. The van der Waals surface area contributed by atoms with Gasteiger partial charge in [0.2, 0.25) is 0 Å². The lowest BCUT2D eigenvalue weighted by molar-refractivity contribution is 0.0905. The van der Waals surface area contributed by atoms with Crippen LogP contribution in [0.25, 0.3) is 0 Å². The third-order valence-electron chi connectivity index (χ3n) is 3.43. The summed E-state index contributed by atoms with van der Waals surface area (Å²) in [6.45, 7) is 3.84. The van der Waals surface area contributed by atoms with Crippen LogP contribution in [-0.4, -0.2) is 22.1 Å². The summed E-state index contributed by atoms with van der Waals surface area (Å²) in [5, 5.41) is 9.57. The van der Waals surface area contributed by atoms with E-state index in [4.69, 9.17) is 5.73 Å². The zero-order chi connectivity index (χ0) is 11.7. The summed E-state index contributed by atoms with van der Waals surface area (Å²) < 4.78 is 0. The second-order valence-corrected chi connectivity index (χ2v) is 4.56. The molecule has 1 amide bonds. The van der Waals surface area contributed by atoms with Crippen LogP contribution in [0.15, 0.2) is 0 Å². The molecule has 1 atom stereocenters. The lowest BCUT2D eigenvalue weighted by Crippen LogP contribution is -2.41. The monoisotopic (exact) mass is 222 g/mol.